The monoisotopic (exact) mass is 237 g/mol. The molecule has 0 aliphatic heterocycles. The number of aromatic nitrogens is 2. The summed E-state index contributed by atoms with van der Waals surface area (Å²) in [5.41, 5.74) is 6.28. The molecule has 0 fully saturated rings. The van der Waals surface area contributed by atoms with Gasteiger partial charge in [0.05, 0.1) is 24.8 Å². The number of rotatable bonds is 3. The van der Waals surface area contributed by atoms with Crippen molar-refractivity contribution in [2.75, 3.05) is 7.11 Å². The van der Waals surface area contributed by atoms with Crippen LogP contribution >= 0.6 is 0 Å². The van der Waals surface area contributed by atoms with E-state index < -0.39 is 18.6 Å². The summed E-state index contributed by atoms with van der Waals surface area (Å²) >= 11 is 0. The first-order chi connectivity index (χ1) is 7.26. The van der Waals surface area contributed by atoms with Crippen LogP contribution in [-0.2, 0) is 7.05 Å². The SMILES string of the molecule is COc1c(C(N)CC(F)(F)F)c(C)nn1C. The molecule has 1 unspecified atom stereocenters. The number of aryl methyl sites for hydroxylation is 2. The van der Waals surface area contributed by atoms with Crippen LogP contribution in [-0.4, -0.2) is 23.1 Å². The van der Waals surface area contributed by atoms with Gasteiger partial charge in [0.1, 0.15) is 0 Å². The van der Waals surface area contributed by atoms with Gasteiger partial charge in [0.25, 0.3) is 0 Å². The Hall–Kier alpha value is -1.24. The number of hydrogen-bond acceptors (Lipinski definition) is 3. The van der Waals surface area contributed by atoms with Crippen molar-refractivity contribution in [3.8, 4) is 5.88 Å². The molecule has 0 amide bonds. The lowest BCUT2D eigenvalue weighted by molar-refractivity contribution is -0.138. The average molecular weight is 237 g/mol. The number of nitrogens with two attached hydrogens (primary N) is 1. The Morgan fingerprint density at radius 1 is 1.50 bits per heavy atom. The first kappa shape index (κ1) is 12.8. The van der Waals surface area contributed by atoms with Crippen LogP contribution in [0.4, 0.5) is 13.2 Å². The molecule has 7 heteroatoms. The molecule has 1 aromatic rings. The number of methoxy groups -OCH3 is 1. The topological polar surface area (TPSA) is 53.1 Å². The van der Waals surface area contributed by atoms with Gasteiger partial charge in [-0.15, -0.1) is 0 Å². The number of ether oxygens (including phenoxy) is 1. The average Bonchev–Trinajstić information content (AvgIpc) is 2.37. The van der Waals surface area contributed by atoms with Crippen molar-refractivity contribution in [1.29, 1.82) is 0 Å². The zero-order valence-corrected chi connectivity index (χ0v) is 9.30. The summed E-state index contributed by atoms with van der Waals surface area (Å²) in [7, 11) is 2.97. The van der Waals surface area contributed by atoms with Crippen LogP contribution in [0.25, 0.3) is 0 Å². The van der Waals surface area contributed by atoms with E-state index >= 15 is 0 Å². The fraction of sp³-hybridized carbons (Fsp3) is 0.667. The Balaban J connectivity index is 3.03. The molecule has 1 heterocycles. The molecule has 0 bridgehead atoms. The fourth-order valence-electron chi connectivity index (χ4n) is 1.67. The maximum atomic E-state index is 12.2. The quantitative estimate of drug-likeness (QED) is 0.870. The van der Waals surface area contributed by atoms with Gasteiger partial charge in [0, 0.05) is 13.1 Å². The Kier molecular flexibility index (Phi) is 3.47. The Labute approximate surface area is 91.2 Å². The van der Waals surface area contributed by atoms with E-state index in [2.05, 4.69) is 5.10 Å². The molecule has 0 aromatic carbocycles. The largest absolute Gasteiger partial charge is 0.481 e. The minimum atomic E-state index is -4.30. The van der Waals surface area contributed by atoms with Crippen molar-refractivity contribution in [3.05, 3.63) is 11.3 Å². The van der Waals surface area contributed by atoms with Crippen LogP contribution in [0, 0.1) is 6.92 Å². The van der Waals surface area contributed by atoms with Gasteiger partial charge in [-0.25, -0.2) is 4.68 Å². The van der Waals surface area contributed by atoms with Crippen LogP contribution in [0.15, 0.2) is 0 Å². The molecule has 0 radical (unpaired) electrons. The summed E-state index contributed by atoms with van der Waals surface area (Å²) in [6, 6.07) is -1.15. The van der Waals surface area contributed by atoms with Gasteiger partial charge in [-0.3, -0.25) is 0 Å². The van der Waals surface area contributed by atoms with Gasteiger partial charge < -0.3 is 10.5 Å². The van der Waals surface area contributed by atoms with E-state index in [4.69, 9.17) is 10.5 Å². The van der Waals surface area contributed by atoms with Crippen LogP contribution in [0.5, 0.6) is 5.88 Å². The molecule has 1 atom stereocenters. The number of nitrogens with zero attached hydrogens (tertiary/aromatic N) is 2. The number of halogens is 3. The maximum absolute atomic E-state index is 12.2. The number of hydrogen-bond donors (Lipinski definition) is 1. The summed E-state index contributed by atoms with van der Waals surface area (Å²) in [6.07, 6.45) is -5.39. The summed E-state index contributed by atoms with van der Waals surface area (Å²) < 4.78 is 43.0. The van der Waals surface area contributed by atoms with E-state index in [-0.39, 0.29) is 5.88 Å². The highest BCUT2D eigenvalue weighted by Gasteiger charge is 2.33. The van der Waals surface area contributed by atoms with Crippen LogP contribution < -0.4 is 10.5 Å². The lowest BCUT2D eigenvalue weighted by Gasteiger charge is -2.15. The molecule has 0 saturated heterocycles. The highest BCUT2D eigenvalue weighted by Crippen LogP contribution is 2.33. The van der Waals surface area contributed by atoms with Gasteiger partial charge in [0.15, 0.2) is 0 Å². The molecule has 1 rings (SSSR count). The van der Waals surface area contributed by atoms with Gasteiger partial charge in [0.2, 0.25) is 5.88 Å². The summed E-state index contributed by atoms with van der Waals surface area (Å²) in [4.78, 5) is 0. The predicted molar refractivity (Wildman–Crippen MR) is 52.1 cm³/mol. The second kappa shape index (κ2) is 4.32. The van der Waals surface area contributed by atoms with E-state index in [1.807, 2.05) is 0 Å². The number of alkyl halides is 3. The lowest BCUT2D eigenvalue weighted by Crippen LogP contribution is -2.21. The Morgan fingerprint density at radius 3 is 2.50 bits per heavy atom. The molecular formula is C9H14F3N3O. The lowest BCUT2D eigenvalue weighted by atomic mass is 10.1. The first-order valence-electron chi connectivity index (χ1n) is 4.66. The molecule has 92 valence electrons. The molecule has 4 nitrogen and oxygen atoms in total. The van der Waals surface area contributed by atoms with Crippen molar-refractivity contribution in [2.45, 2.75) is 25.6 Å². The summed E-state index contributed by atoms with van der Waals surface area (Å²) in [5.74, 6) is 0.272. The molecule has 0 aliphatic carbocycles. The second-order valence-electron chi connectivity index (χ2n) is 3.56. The zero-order valence-electron chi connectivity index (χ0n) is 9.30. The molecule has 0 saturated carbocycles. The van der Waals surface area contributed by atoms with Gasteiger partial charge >= 0.3 is 6.18 Å². The van der Waals surface area contributed by atoms with Crippen molar-refractivity contribution < 1.29 is 17.9 Å². The third-order valence-corrected chi connectivity index (χ3v) is 2.23. The first-order valence-corrected chi connectivity index (χ1v) is 4.66. The maximum Gasteiger partial charge on any atom is 0.390 e. The molecule has 0 aliphatic rings. The second-order valence-corrected chi connectivity index (χ2v) is 3.56. The highest BCUT2D eigenvalue weighted by molar-refractivity contribution is 5.34. The van der Waals surface area contributed by atoms with Crippen LogP contribution in [0.2, 0.25) is 0 Å². The van der Waals surface area contributed by atoms with Gasteiger partial charge in [-0.2, -0.15) is 18.3 Å². The van der Waals surface area contributed by atoms with Crippen molar-refractivity contribution in [2.24, 2.45) is 12.8 Å². The van der Waals surface area contributed by atoms with Gasteiger partial charge in [-0.05, 0) is 6.92 Å². The molecule has 16 heavy (non-hydrogen) atoms. The van der Waals surface area contributed by atoms with Crippen molar-refractivity contribution in [3.63, 3.8) is 0 Å². The van der Waals surface area contributed by atoms with Crippen molar-refractivity contribution in [1.82, 2.24) is 9.78 Å². The Morgan fingerprint density at radius 2 is 2.06 bits per heavy atom. The van der Waals surface area contributed by atoms with E-state index in [0.717, 1.165) is 0 Å². The normalized spacial score (nSPS) is 13.9. The highest BCUT2D eigenvalue weighted by atomic mass is 19.4. The zero-order chi connectivity index (χ0) is 12.5. The van der Waals surface area contributed by atoms with Crippen LogP contribution in [0.1, 0.15) is 23.7 Å². The minimum absolute atomic E-state index is 0.272. The van der Waals surface area contributed by atoms with E-state index in [9.17, 15) is 13.2 Å². The smallest absolute Gasteiger partial charge is 0.390 e. The third kappa shape index (κ3) is 2.66. The van der Waals surface area contributed by atoms with Gasteiger partial charge in [-0.1, -0.05) is 0 Å². The van der Waals surface area contributed by atoms with E-state index in [1.54, 1.807) is 14.0 Å². The van der Waals surface area contributed by atoms with Crippen molar-refractivity contribution >= 4 is 0 Å². The molecule has 0 spiro atoms. The standard InChI is InChI=1S/C9H14F3N3O/c1-5-7(6(13)4-9(10,11)12)8(16-3)15(2)14-5/h6H,4,13H2,1-3H3. The molecule has 2 N–H and O–H groups in total. The van der Waals surface area contributed by atoms with E-state index in [0.29, 0.717) is 11.3 Å². The fourth-order valence-corrected chi connectivity index (χ4v) is 1.67. The summed E-state index contributed by atoms with van der Waals surface area (Å²) in [6.45, 7) is 1.61. The van der Waals surface area contributed by atoms with E-state index in [1.165, 1.54) is 11.8 Å². The summed E-state index contributed by atoms with van der Waals surface area (Å²) in [5, 5.41) is 3.98. The third-order valence-electron chi connectivity index (χ3n) is 2.23. The van der Waals surface area contributed by atoms with Crippen LogP contribution in [0.3, 0.4) is 0 Å². The predicted octanol–water partition coefficient (Wildman–Crippen LogP) is 1.69. The molecule has 1 aromatic heterocycles. The molecular weight excluding hydrogens is 223 g/mol. The Bertz CT molecular complexity index is 373. The minimum Gasteiger partial charge on any atom is -0.481 e.